The second-order valence-corrected chi connectivity index (χ2v) is 8.52. The SMILES string of the molecule is O=C(O)c1cccc([C@H]2CCCN(S(=O)(=O)N3CCCCC3)C2)c1. The van der Waals surface area contributed by atoms with Crippen molar-refractivity contribution in [1.82, 2.24) is 8.61 Å². The smallest absolute Gasteiger partial charge is 0.335 e. The van der Waals surface area contributed by atoms with Crippen molar-refractivity contribution in [3.8, 4) is 0 Å². The van der Waals surface area contributed by atoms with Gasteiger partial charge in [0.25, 0.3) is 10.2 Å². The Bertz CT molecular complexity index is 698. The van der Waals surface area contributed by atoms with Crippen molar-refractivity contribution in [2.75, 3.05) is 26.2 Å². The van der Waals surface area contributed by atoms with Crippen LogP contribution in [0.25, 0.3) is 0 Å². The molecule has 24 heavy (non-hydrogen) atoms. The van der Waals surface area contributed by atoms with Crippen LogP contribution >= 0.6 is 0 Å². The van der Waals surface area contributed by atoms with Gasteiger partial charge in [-0.1, -0.05) is 18.6 Å². The van der Waals surface area contributed by atoms with Crippen molar-refractivity contribution in [1.29, 1.82) is 0 Å². The Morgan fingerprint density at radius 2 is 1.75 bits per heavy atom. The second kappa shape index (κ2) is 7.21. The molecule has 1 aromatic carbocycles. The Morgan fingerprint density at radius 3 is 2.46 bits per heavy atom. The van der Waals surface area contributed by atoms with Gasteiger partial charge < -0.3 is 5.11 Å². The van der Waals surface area contributed by atoms with Crippen molar-refractivity contribution in [2.45, 2.75) is 38.0 Å². The number of carbonyl (C=O) groups is 1. The van der Waals surface area contributed by atoms with E-state index in [2.05, 4.69) is 0 Å². The van der Waals surface area contributed by atoms with Gasteiger partial charge in [-0.3, -0.25) is 0 Å². The maximum absolute atomic E-state index is 12.9. The molecule has 2 aliphatic heterocycles. The highest BCUT2D eigenvalue weighted by molar-refractivity contribution is 7.86. The number of rotatable bonds is 4. The Kier molecular flexibility index (Phi) is 5.22. The van der Waals surface area contributed by atoms with Crippen LogP contribution in [0.5, 0.6) is 0 Å². The second-order valence-electron chi connectivity index (χ2n) is 6.60. The maximum atomic E-state index is 12.9. The Balaban J connectivity index is 1.76. The van der Waals surface area contributed by atoms with Crippen LogP contribution in [0.3, 0.4) is 0 Å². The summed E-state index contributed by atoms with van der Waals surface area (Å²) in [6.07, 6.45) is 4.63. The molecule has 0 amide bonds. The van der Waals surface area contributed by atoms with Crippen LogP contribution in [0, 0.1) is 0 Å². The zero-order chi connectivity index (χ0) is 17.2. The van der Waals surface area contributed by atoms with Gasteiger partial charge in [-0.25, -0.2) is 4.79 Å². The topological polar surface area (TPSA) is 77.9 Å². The fraction of sp³-hybridized carbons (Fsp3) is 0.588. The van der Waals surface area contributed by atoms with E-state index in [1.807, 2.05) is 6.07 Å². The van der Waals surface area contributed by atoms with Crippen molar-refractivity contribution < 1.29 is 18.3 Å². The van der Waals surface area contributed by atoms with Crippen molar-refractivity contribution in [3.05, 3.63) is 35.4 Å². The molecule has 3 rings (SSSR count). The number of hydrogen-bond donors (Lipinski definition) is 1. The third-order valence-electron chi connectivity index (χ3n) is 4.96. The molecule has 0 unspecified atom stereocenters. The molecule has 7 heteroatoms. The zero-order valence-corrected chi connectivity index (χ0v) is 14.5. The first-order chi connectivity index (χ1) is 11.5. The van der Waals surface area contributed by atoms with Gasteiger partial charge >= 0.3 is 5.97 Å². The standard InChI is InChI=1S/C17H24N2O4S/c20-17(21)15-7-4-6-14(12-15)16-8-5-11-19(13-16)24(22,23)18-9-2-1-3-10-18/h4,6-7,12,16H,1-3,5,8-11,13H2,(H,20,21)/t16-/m0/s1. The summed E-state index contributed by atoms with van der Waals surface area (Å²) in [5.74, 6) is -0.900. The molecule has 1 atom stereocenters. The van der Waals surface area contributed by atoms with Gasteiger partial charge in [0.1, 0.15) is 0 Å². The van der Waals surface area contributed by atoms with Gasteiger partial charge in [0, 0.05) is 26.2 Å². The molecule has 0 aliphatic carbocycles. The molecule has 0 bridgehead atoms. The third-order valence-corrected chi connectivity index (χ3v) is 6.96. The summed E-state index contributed by atoms with van der Waals surface area (Å²) >= 11 is 0. The number of carboxylic acid groups (broad SMARTS) is 1. The van der Waals surface area contributed by atoms with E-state index in [4.69, 9.17) is 5.11 Å². The van der Waals surface area contributed by atoms with E-state index in [0.717, 1.165) is 37.7 Å². The lowest BCUT2D eigenvalue weighted by Gasteiger charge is -2.37. The molecule has 2 aliphatic rings. The van der Waals surface area contributed by atoms with E-state index >= 15 is 0 Å². The predicted molar refractivity (Wildman–Crippen MR) is 91.3 cm³/mol. The highest BCUT2D eigenvalue weighted by atomic mass is 32.2. The number of hydrogen-bond acceptors (Lipinski definition) is 3. The van der Waals surface area contributed by atoms with Gasteiger partial charge in [0.05, 0.1) is 5.56 Å². The van der Waals surface area contributed by atoms with Crippen molar-refractivity contribution >= 4 is 16.2 Å². The van der Waals surface area contributed by atoms with Crippen LogP contribution in [0.4, 0.5) is 0 Å². The highest BCUT2D eigenvalue weighted by Crippen LogP contribution is 2.30. The monoisotopic (exact) mass is 352 g/mol. The van der Waals surface area contributed by atoms with E-state index in [-0.39, 0.29) is 11.5 Å². The number of carboxylic acids is 1. The van der Waals surface area contributed by atoms with Crippen LogP contribution in [-0.4, -0.2) is 54.3 Å². The average Bonchev–Trinajstić information content (AvgIpc) is 2.62. The van der Waals surface area contributed by atoms with Crippen LogP contribution in [0.2, 0.25) is 0 Å². The molecule has 0 saturated carbocycles. The molecular weight excluding hydrogens is 328 g/mol. The number of benzene rings is 1. The van der Waals surface area contributed by atoms with Gasteiger partial charge in [0.15, 0.2) is 0 Å². The van der Waals surface area contributed by atoms with Crippen LogP contribution in [-0.2, 0) is 10.2 Å². The summed E-state index contributed by atoms with van der Waals surface area (Å²) in [6.45, 7) is 2.20. The van der Waals surface area contributed by atoms with Crippen molar-refractivity contribution in [3.63, 3.8) is 0 Å². The third kappa shape index (κ3) is 3.63. The fourth-order valence-electron chi connectivity index (χ4n) is 3.61. The molecule has 2 saturated heterocycles. The summed E-state index contributed by atoms with van der Waals surface area (Å²) in [7, 11) is -3.40. The molecule has 2 fully saturated rings. The average molecular weight is 352 g/mol. The molecule has 0 radical (unpaired) electrons. The molecule has 2 heterocycles. The normalized spacial score (nSPS) is 23.9. The Hall–Kier alpha value is -1.44. The lowest BCUT2D eigenvalue weighted by Crippen LogP contribution is -2.49. The molecule has 1 aromatic rings. The minimum absolute atomic E-state index is 0.0533. The van der Waals surface area contributed by atoms with E-state index < -0.39 is 16.2 Å². The minimum atomic E-state index is -3.40. The first-order valence-electron chi connectivity index (χ1n) is 8.57. The van der Waals surface area contributed by atoms with Crippen LogP contribution in [0.1, 0.15) is 53.9 Å². The number of piperidine rings is 2. The fourth-order valence-corrected chi connectivity index (χ4v) is 5.38. The Labute approximate surface area is 143 Å². The van der Waals surface area contributed by atoms with E-state index in [9.17, 15) is 13.2 Å². The van der Waals surface area contributed by atoms with Crippen LogP contribution < -0.4 is 0 Å². The maximum Gasteiger partial charge on any atom is 0.335 e. The van der Waals surface area contributed by atoms with E-state index in [0.29, 0.717) is 26.2 Å². The van der Waals surface area contributed by atoms with Gasteiger partial charge in [-0.2, -0.15) is 17.0 Å². The van der Waals surface area contributed by atoms with Crippen molar-refractivity contribution in [2.24, 2.45) is 0 Å². The van der Waals surface area contributed by atoms with Crippen LogP contribution in [0.15, 0.2) is 24.3 Å². The summed E-state index contributed by atoms with van der Waals surface area (Å²) < 4.78 is 28.9. The lowest BCUT2D eigenvalue weighted by atomic mass is 9.91. The Morgan fingerprint density at radius 1 is 1.04 bits per heavy atom. The largest absolute Gasteiger partial charge is 0.478 e. The zero-order valence-electron chi connectivity index (χ0n) is 13.7. The summed E-state index contributed by atoms with van der Waals surface area (Å²) in [5.41, 5.74) is 1.16. The first-order valence-corrected chi connectivity index (χ1v) is 9.96. The molecule has 1 N–H and O–H groups in total. The van der Waals surface area contributed by atoms with Gasteiger partial charge in [0.2, 0.25) is 0 Å². The predicted octanol–water partition coefficient (Wildman–Crippen LogP) is 2.29. The first kappa shape index (κ1) is 17.4. The van der Waals surface area contributed by atoms with Gasteiger partial charge in [-0.15, -0.1) is 0 Å². The molecule has 0 spiro atoms. The number of aromatic carboxylic acids is 1. The number of nitrogens with zero attached hydrogens (tertiary/aromatic N) is 2. The minimum Gasteiger partial charge on any atom is -0.478 e. The van der Waals surface area contributed by atoms with E-state index in [1.54, 1.807) is 26.8 Å². The van der Waals surface area contributed by atoms with E-state index in [1.165, 1.54) is 0 Å². The van der Waals surface area contributed by atoms with Gasteiger partial charge in [-0.05, 0) is 49.3 Å². The molecule has 132 valence electrons. The molecule has 6 nitrogen and oxygen atoms in total. The lowest BCUT2D eigenvalue weighted by molar-refractivity contribution is 0.0696. The summed E-state index contributed by atoms with van der Waals surface area (Å²) in [5, 5.41) is 9.15. The molecular formula is C17H24N2O4S. The highest BCUT2D eigenvalue weighted by Gasteiger charge is 2.34. The quantitative estimate of drug-likeness (QED) is 0.902. The summed E-state index contributed by atoms with van der Waals surface area (Å²) in [4.78, 5) is 11.2. The summed E-state index contributed by atoms with van der Waals surface area (Å²) in [6, 6.07) is 6.87. The molecule has 0 aromatic heterocycles.